The van der Waals surface area contributed by atoms with Crippen molar-refractivity contribution in [1.82, 2.24) is 21.3 Å². The third kappa shape index (κ3) is 7.20. The molecule has 2 aromatic carbocycles. The number of amides is 4. The van der Waals surface area contributed by atoms with Crippen molar-refractivity contribution in [3.63, 3.8) is 0 Å². The number of phenols is 1. The van der Waals surface area contributed by atoms with Gasteiger partial charge in [-0.1, -0.05) is 26.0 Å². The van der Waals surface area contributed by atoms with Gasteiger partial charge in [0.25, 0.3) is 5.91 Å². The number of carbonyl (C=O) groups excluding carboxylic acids is 4. The van der Waals surface area contributed by atoms with Gasteiger partial charge in [-0.25, -0.2) is 0 Å². The van der Waals surface area contributed by atoms with E-state index in [2.05, 4.69) is 21.3 Å². The van der Waals surface area contributed by atoms with Gasteiger partial charge in [-0.2, -0.15) is 0 Å². The van der Waals surface area contributed by atoms with Gasteiger partial charge in [-0.3, -0.25) is 19.2 Å². The third-order valence-corrected chi connectivity index (χ3v) is 5.84. The SMILES string of the molecule is CC(C)[C@@H]1NC(=O)c2cc(ccc2O)Oc2ccc(cc2)C[C@@H](C(=O)NCCO)NC(=O)[C@H](C)NC1=O. The summed E-state index contributed by atoms with van der Waals surface area (Å²) >= 11 is 0. The number of aliphatic hydroxyl groups is 1. The van der Waals surface area contributed by atoms with Crippen LogP contribution >= 0.6 is 0 Å². The van der Waals surface area contributed by atoms with Crippen LogP contribution in [0.4, 0.5) is 0 Å². The summed E-state index contributed by atoms with van der Waals surface area (Å²) in [5.74, 6) is -2.26. The van der Waals surface area contributed by atoms with Crippen molar-refractivity contribution >= 4 is 23.6 Å². The van der Waals surface area contributed by atoms with Gasteiger partial charge < -0.3 is 36.2 Å². The highest BCUT2D eigenvalue weighted by Gasteiger charge is 2.30. The average molecular weight is 513 g/mol. The van der Waals surface area contributed by atoms with Crippen LogP contribution in [0.1, 0.15) is 36.7 Å². The van der Waals surface area contributed by atoms with E-state index in [-0.39, 0.29) is 36.8 Å². The number of benzene rings is 2. The lowest BCUT2D eigenvalue weighted by Crippen LogP contribution is -2.57. The van der Waals surface area contributed by atoms with Gasteiger partial charge in [-0.05, 0) is 48.7 Å². The fraction of sp³-hybridized carbons (Fsp3) is 0.385. The molecular weight excluding hydrogens is 480 g/mol. The van der Waals surface area contributed by atoms with Crippen LogP contribution in [0.5, 0.6) is 17.2 Å². The Bertz CT molecular complexity index is 1150. The smallest absolute Gasteiger partial charge is 0.255 e. The van der Waals surface area contributed by atoms with Crippen LogP contribution in [0.2, 0.25) is 0 Å². The number of phenolic OH excluding ortho intramolecular Hbond substituents is 1. The van der Waals surface area contributed by atoms with Crippen LogP contribution < -0.4 is 26.0 Å². The molecule has 0 unspecified atom stereocenters. The van der Waals surface area contributed by atoms with E-state index in [4.69, 9.17) is 9.84 Å². The highest BCUT2D eigenvalue weighted by Crippen LogP contribution is 2.28. The van der Waals surface area contributed by atoms with Gasteiger partial charge in [0.2, 0.25) is 17.7 Å². The summed E-state index contributed by atoms with van der Waals surface area (Å²) in [7, 11) is 0. The van der Waals surface area contributed by atoms with Crippen LogP contribution in [-0.2, 0) is 20.8 Å². The summed E-state index contributed by atoms with van der Waals surface area (Å²) in [6.45, 7) is 4.69. The molecule has 0 saturated carbocycles. The summed E-state index contributed by atoms with van der Waals surface area (Å²) in [4.78, 5) is 51.6. The monoisotopic (exact) mass is 512 g/mol. The Hall–Kier alpha value is -4.12. The molecule has 0 radical (unpaired) electrons. The minimum absolute atomic E-state index is 0.0225. The normalized spacial score (nSPS) is 20.7. The Morgan fingerprint density at radius 3 is 2.35 bits per heavy atom. The molecule has 0 saturated heterocycles. The molecule has 2 aromatic rings. The molecule has 6 N–H and O–H groups in total. The van der Waals surface area contributed by atoms with Crippen LogP contribution in [0.3, 0.4) is 0 Å². The summed E-state index contributed by atoms with van der Waals surface area (Å²) < 4.78 is 5.83. The summed E-state index contributed by atoms with van der Waals surface area (Å²) in [6, 6.07) is 7.99. The molecule has 4 bridgehead atoms. The van der Waals surface area contributed by atoms with Crippen molar-refractivity contribution in [2.75, 3.05) is 13.2 Å². The number of fused-ring (bicyclic) bond motifs is 11. The minimum atomic E-state index is -1.02. The fourth-order valence-corrected chi connectivity index (χ4v) is 3.76. The van der Waals surface area contributed by atoms with E-state index in [0.29, 0.717) is 11.5 Å². The molecule has 2 aliphatic rings. The minimum Gasteiger partial charge on any atom is -0.507 e. The van der Waals surface area contributed by atoms with Gasteiger partial charge in [0.05, 0.1) is 12.2 Å². The first-order valence-electron chi connectivity index (χ1n) is 12.0. The molecule has 4 rings (SSSR count). The second-order valence-electron chi connectivity index (χ2n) is 9.13. The lowest BCUT2D eigenvalue weighted by atomic mass is 10.0. The maximum absolute atomic E-state index is 13.0. The maximum Gasteiger partial charge on any atom is 0.255 e. The Balaban J connectivity index is 1.99. The van der Waals surface area contributed by atoms with Crippen LogP contribution in [0.15, 0.2) is 42.5 Å². The van der Waals surface area contributed by atoms with Crippen molar-refractivity contribution in [1.29, 1.82) is 0 Å². The van der Waals surface area contributed by atoms with Crippen LogP contribution in [0, 0.1) is 5.92 Å². The topological polar surface area (TPSA) is 166 Å². The van der Waals surface area contributed by atoms with E-state index in [9.17, 15) is 24.3 Å². The highest BCUT2D eigenvalue weighted by molar-refractivity contribution is 6.00. The number of nitrogens with one attached hydrogen (secondary N) is 4. The quantitative estimate of drug-likeness (QED) is 0.326. The second kappa shape index (κ2) is 12.2. The lowest BCUT2D eigenvalue weighted by molar-refractivity contribution is -0.132. The van der Waals surface area contributed by atoms with Crippen molar-refractivity contribution in [2.24, 2.45) is 5.92 Å². The number of aliphatic hydroxyl groups excluding tert-OH is 1. The molecule has 0 aromatic heterocycles. The highest BCUT2D eigenvalue weighted by atomic mass is 16.5. The molecule has 2 aliphatic heterocycles. The summed E-state index contributed by atoms with van der Waals surface area (Å²) in [5.41, 5.74) is 0.649. The largest absolute Gasteiger partial charge is 0.507 e. The molecule has 198 valence electrons. The molecule has 37 heavy (non-hydrogen) atoms. The average Bonchev–Trinajstić information content (AvgIpc) is 2.86. The first kappa shape index (κ1) is 27.5. The zero-order valence-electron chi connectivity index (χ0n) is 20.9. The summed E-state index contributed by atoms with van der Waals surface area (Å²) in [5, 5.41) is 29.7. The Kier molecular flexibility index (Phi) is 9.07. The number of rotatable bonds is 4. The molecule has 11 nitrogen and oxygen atoms in total. The number of hydrogen-bond acceptors (Lipinski definition) is 7. The van der Waals surface area contributed by atoms with E-state index in [1.54, 1.807) is 38.1 Å². The first-order chi connectivity index (χ1) is 17.6. The van der Waals surface area contributed by atoms with Crippen LogP contribution in [-0.4, -0.2) is 65.1 Å². The predicted molar refractivity (Wildman–Crippen MR) is 134 cm³/mol. The Morgan fingerprint density at radius 2 is 1.70 bits per heavy atom. The first-order valence-corrected chi connectivity index (χ1v) is 12.0. The van der Waals surface area contributed by atoms with Crippen molar-refractivity contribution in [2.45, 2.75) is 45.3 Å². The van der Waals surface area contributed by atoms with Gasteiger partial charge in [0.15, 0.2) is 0 Å². The van der Waals surface area contributed by atoms with E-state index in [1.807, 2.05) is 0 Å². The van der Waals surface area contributed by atoms with Crippen LogP contribution in [0.25, 0.3) is 0 Å². The van der Waals surface area contributed by atoms with Gasteiger partial charge in [0.1, 0.15) is 35.4 Å². The van der Waals surface area contributed by atoms with E-state index in [1.165, 1.54) is 25.1 Å². The Morgan fingerprint density at radius 1 is 1.03 bits per heavy atom. The number of aromatic hydroxyl groups is 1. The van der Waals surface area contributed by atoms with E-state index < -0.39 is 41.8 Å². The number of ether oxygens (including phenoxy) is 1. The maximum atomic E-state index is 13.0. The van der Waals surface area contributed by atoms with Gasteiger partial charge >= 0.3 is 0 Å². The Labute approximate surface area is 214 Å². The number of carbonyl (C=O) groups is 4. The molecule has 2 heterocycles. The van der Waals surface area contributed by atoms with Crippen molar-refractivity contribution in [3.05, 3.63) is 53.6 Å². The second-order valence-corrected chi connectivity index (χ2v) is 9.13. The van der Waals surface area contributed by atoms with E-state index >= 15 is 0 Å². The third-order valence-electron chi connectivity index (χ3n) is 5.84. The van der Waals surface area contributed by atoms with Gasteiger partial charge in [-0.15, -0.1) is 0 Å². The predicted octanol–water partition coefficient (Wildman–Crippen LogP) is 0.593. The lowest BCUT2D eigenvalue weighted by Gasteiger charge is -2.25. The molecular formula is C26H32N4O7. The molecule has 0 aliphatic carbocycles. The molecule has 4 amide bonds. The zero-order chi connectivity index (χ0) is 27.1. The van der Waals surface area contributed by atoms with Crippen molar-refractivity contribution in [3.8, 4) is 17.2 Å². The molecule has 3 atom stereocenters. The fourth-order valence-electron chi connectivity index (χ4n) is 3.76. The standard InChI is InChI=1S/C26H32N4O7/c1-14(2)22-26(36)28-15(3)23(33)29-20(25(35)27-10-11-31)12-16-4-6-17(7-5-16)37-18-8-9-21(32)19(13-18)24(34)30-22/h4-9,13-15,20,22,31-32H,10-12H2,1-3H3,(H,27,35)(H,28,36)(H,29,33)(H,30,34)/t15-,20-,22-/m0/s1. The molecule has 11 heteroatoms. The van der Waals surface area contributed by atoms with E-state index in [0.717, 1.165) is 5.56 Å². The summed E-state index contributed by atoms with van der Waals surface area (Å²) in [6.07, 6.45) is 0.151. The zero-order valence-corrected chi connectivity index (χ0v) is 20.9. The van der Waals surface area contributed by atoms with Gasteiger partial charge in [0, 0.05) is 13.0 Å². The van der Waals surface area contributed by atoms with Crippen molar-refractivity contribution < 1.29 is 34.1 Å². The molecule has 0 fully saturated rings. The number of hydrogen-bond donors (Lipinski definition) is 6. The molecule has 0 spiro atoms.